The number of benzene rings is 2. The third kappa shape index (κ3) is 2.54. The lowest BCUT2D eigenvalue weighted by Crippen LogP contribution is -2.42. The Labute approximate surface area is 128 Å². The van der Waals surface area contributed by atoms with E-state index in [0.717, 1.165) is 17.9 Å². The van der Waals surface area contributed by atoms with Crippen molar-refractivity contribution in [2.24, 2.45) is 0 Å². The minimum atomic E-state index is -0.0789. The number of amides is 1. The Morgan fingerprint density at radius 3 is 2.57 bits per heavy atom. The van der Waals surface area contributed by atoms with Gasteiger partial charge in [-0.1, -0.05) is 23.7 Å². The van der Waals surface area contributed by atoms with E-state index >= 15 is 0 Å². The number of rotatable bonds is 1. The molecule has 1 aliphatic rings. The molecule has 0 saturated carbocycles. The molecule has 2 N–H and O–H groups in total. The topological polar surface area (TPSA) is 49.6 Å². The van der Waals surface area contributed by atoms with Gasteiger partial charge in [-0.05, 0) is 30.3 Å². The quantitative estimate of drug-likeness (QED) is 0.824. The van der Waals surface area contributed by atoms with Crippen LogP contribution in [0.15, 0.2) is 42.5 Å². The Morgan fingerprint density at radius 2 is 1.86 bits per heavy atom. The Morgan fingerprint density at radius 1 is 1.14 bits per heavy atom. The maximum absolute atomic E-state index is 12.8. The third-order valence-electron chi connectivity index (χ3n) is 3.66. The van der Waals surface area contributed by atoms with Crippen molar-refractivity contribution in [2.45, 2.75) is 0 Å². The predicted octanol–water partition coefficient (Wildman–Crippen LogP) is 3.02. The summed E-state index contributed by atoms with van der Waals surface area (Å²) in [5.41, 5.74) is 8.75. The lowest BCUT2D eigenvalue weighted by atomic mass is 10.1. The lowest BCUT2D eigenvalue weighted by molar-refractivity contribution is 0.0987. The van der Waals surface area contributed by atoms with Gasteiger partial charge in [-0.3, -0.25) is 4.79 Å². The third-order valence-corrected chi connectivity index (χ3v) is 3.87. The number of halogens is 1. The van der Waals surface area contributed by atoms with E-state index in [0.29, 0.717) is 22.8 Å². The molecule has 0 bridgehead atoms. The number of hydrogen-bond acceptors (Lipinski definition) is 3. The molecular formula is C16H16ClN3O. The second-order valence-electron chi connectivity index (χ2n) is 5.14. The van der Waals surface area contributed by atoms with Crippen LogP contribution in [-0.2, 0) is 0 Å². The summed E-state index contributed by atoms with van der Waals surface area (Å²) in [5.74, 6) is -0.0789. The van der Waals surface area contributed by atoms with E-state index < -0.39 is 0 Å². The zero-order chi connectivity index (χ0) is 15.0. The van der Waals surface area contributed by atoms with Crippen LogP contribution in [0.4, 0.5) is 17.1 Å². The second-order valence-corrected chi connectivity index (χ2v) is 5.58. The molecule has 5 heteroatoms. The second kappa shape index (κ2) is 5.30. The largest absolute Gasteiger partial charge is 0.399 e. The maximum atomic E-state index is 12.8. The summed E-state index contributed by atoms with van der Waals surface area (Å²) in [6.07, 6.45) is 0. The van der Waals surface area contributed by atoms with Crippen molar-refractivity contribution in [3.05, 3.63) is 53.1 Å². The molecule has 0 radical (unpaired) electrons. The van der Waals surface area contributed by atoms with Gasteiger partial charge in [0.1, 0.15) is 0 Å². The SMILES string of the molecule is CN1CCN(C(=O)c2cc(N)cc(Cl)c2)c2ccccc21. The molecule has 2 aromatic rings. The number of fused-ring (bicyclic) bond motifs is 1. The van der Waals surface area contributed by atoms with E-state index in [2.05, 4.69) is 4.90 Å². The lowest BCUT2D eigenvalue weighted by Gasteiger charge is -2.35. The van der Waals surface area contributed by atoms with Crippen molar-refractivity contribution in [3.63, 3.8) is 0 Å². The molecule has 0 unspecified atom stereocenters. The monoisotopic (exact) mass is 301 g/mol. The van der Waals surface area contributed by atoms with Crippen LogP contribution in [0.25, 0.3) is 0 Å². The molecule has 0 aromatic heterocycles. The summed E-state index contributed by atoms with van der Waals surface area (Å²) in [4.78, 5) is 16.7. The van der Waals surface area contributed by atoms with E-state index in [1.165, 1.54) is 0 Å². The zero-order valence-electron chi connectivity index (χ0n) is 11.7. The normalized spacial score (nSPS) is 14.0. The van der Waals surface area contributed by atoms with Gasteiger partial charge in [-0.2, -0.15) is 0 Å². The Balaban J connectivity index is 2.01. The molecule has 0 spiro atoms. The molecule has 108 valence electrons. The summed E-state index contributed by atoms with van der Waals surface area (Å²) >= 11 is 6.00. The molecule has 0 saturated heterocycles. The molecule has 3 rings (SSSR count). The van der Waals surface area contributed by atoms with Gasteiger partial charge in [0.15, 0.2) is 0 Å². The van der Waals surface area contributed by atoms with Gasteiger partial charge in [0, 0.05) is 36.4 Å². The van der Waals surface area contributed by atoms with Gasteiger partial charge in [-0.25, -0.2) is 0 Å². The molecule has 1 heterocycles. The molecule has 2 aromatic carbocycles. The number of nitrogen functional groups attached to an aromatic ring is 1. The van der Waals surface area contributed by atoms with E-state index in [9.17, 15) is 4.79 Å². The molecule has 0 atom stereocenters. The first-order chi connectivity index (χ1) is 10.1. The van der Waals surface area contributed by atoms with Crippen LogP contribution in [0.5, 0.6) is 0 Å². The molecule has 0 aliphatic carbocycles. The number of likely N-dealkylation sites (N-methyl/N-ethyl adjacent to an activating group) is 1. The number of hydrogen-bond donors (Lipinski definition) is 1. The van der Waals surface area contributed by atoms with Crippen LogP contribution >= 0.6 is 11.6 Å². The molecule has 4 nitrogen and oxygen atoms in total. The molecule has 1 aliphatic heterocycles. The first kappa shape index (κ1) is 13.8. The fraction of sp³-hybridized carbons (Fsp3) is 0.188. The van der Waals surface area contributed by atoms with Gasteiger partial charge >= 0.3 is 0 Å². The van der Waals surface area contributed by atoms with Gasteiger partial charge in [0.25, 0.3) is 5.91 Å². The summed E-state index contributed by atoms with van der Waals surface area (Å²) in [6.45, 7) is 1.43. The van der Waals surface area contributed by atoms with Crippen molar-refractivity contribution in [2.75, 3.05) is 35.7 Å². The van der Waals surface area contributed by atoms with E-state index in [1.807, 2.05) is 31.3 Å². The van der Waals surface area contributed by atoms with Crippen LogP contribution in [-0.4, -0.2) is 26.0 Å². The Hall–Kier alpha value is -2.20. The van der Waals surface area contributed by atoms with Gasteiger partial charge in [-0.15, -0.1) is 0 Å². The first-order valence-electron chi connectivity index (χ1n) is 6.74. The summed E-state index contributed by atoms with van der Waals surface area (Å²) in [7, 11) is 2.03. The van der Waals surface area contributed by atoms with Crippen molar-refractivity contribution >= 4 is 34.6 Å². The van der Waals surface area contributed by atoms with Crippen molar-refractivity contribution in [1.82, 2.24) is 0 Å². The van der Waals surface area contributed by atoms with Gasteiger partial charge in [0.05, 0.1) is 11.4 Å². The maximum Gasteiger partial charge on any atom is 0.258 e. The summed E-state index contributed by atoms with van der Waals surface area (Å²) in [5, 5.41) is 0.473. The first-order valence-corrected chi connectivity index (χ1v) is 7.12. The van der Waals surface area contributed by atoms with Crippen molar-refractivity contribution < 1.29 is 4.79 Å². The van der Waals surface area contributed by atoms with E-state index in [1.54, 1.807) is 23.1 Å². The smallest absolute Gasteiger partial charge is 0.258 e. The fourth-order valence-electron chi connectivity index (χ4n) is 2.61. The van der Waals surface area contributed by atoms with E-state index in [-0.39, 0.29) is 5.91 Å². The van der Waals surface area contributed by atoms with Gasteiger partial charge < -0.3 is 15.5 Å². The van der Waals surface area contributed by atoms with Crippen LogP contribution in [0.2, 0.25) is 5.02 Å². The number of nitrogens with two attached hydrogens (primary N) is 1. The molecular weight excluding hydrogens is 286 g/mol. The average molecular weight is 302 g/mol. The van der Waals surface area contributed by atoms with E-state index in [4.69, 9.17) is 17.3 Å². The van der Waals surface area contributed by atoms with Crippen LogP contribution in [0, 0.1) is 0 Å². The highest BCUT2D eigenvalue weighted by Crippen LogP contribution is 2.33. The number of anilines is 3. The number of para-hydroxylation sites is 2. The number of carbonyl (C=O) groups is 1. The van der Waals surface area contributed by atoms with Crippen molar-refractivity contribution in [1.29, 1.82) is 0 Å². The van der Waals surface area contributed by atoms with Gasteiger partial charge in [0.2, 0.25) is 0 Å². The number of nitrogens with zero attached hydrogens (tertiary/aromatic N) is 2. The highest BCUT2D eigenvalue weighted by molar-refractivity contribution is 6.31. The molecule has 0 fully saturated rings. The van der Waals surface area contributed by atoms with Crippen molar-refractivity contribution in [3.8, 4) is 0 Å². The fourth-order valence-corrected chi connectivity index (χ4v) is 2.85. The van der Waals surface area contributed by atoms with Crippen LogP contribution in [0.1, 0.15) is 10.4 Å². The highest BCUT2D eigenvalue weighted by atomic mass is 35.5. The summed E-state index contributed by atoms with van der Waals surface area (Å²) in [6, 6.07) is 12.8. The Bertz CT molecular complexity index is 681. The minimum absolute atomic E-state index is 0.0789. The van der Waals surface area contributed by atoms with Crippen LogP contribution in [0.3, 0.4) is 0 Å². The average Bonchev–Trinajstić information content (AvgIpc) is 2.46. The Kier molecular flexibility index (Phi) is 3.47. The predicted molar refractivity (Wildman–Crippen MR) is 87.3 cm³/mol. The molecule has 1 amide bonds. The zero-order valence-corrected chi connectivity index (χ0v) is 12.5. The standard InChI is InChI=1S/C16H16ClN3O/c1-19-6-7-20(15-5-3-2-4-14(15)19)16(21)11-8-12(17)10-13(18)9-11/h2-5,8-10H,6-7,18H2,1H3. The van der Waals surface area contributed by atoms with Crippen LogP contribution < -0.4 is 15.5 Å². The summed E-state index contributed by atoms with van der Waals surface area (Å²) < 4.78 is 0. The number of carbonyl (C=O) groups excluding carboxylic acids is 1. The molecule has 21 heavy (non-hydrogen) atoms. The highest BCUT2D eigenvalue weighted by Gasteiger charge is 2.25. The minimum Gasteiger partial charge on any atom is -0.399 e.